The van der Waals surface area contributed by atoms with Crippen LogP contribution >= 0.6 is 11.6 Å². The third kappa shape index (κ3) is 6.55. The average molecular weight is 575 g/mol. The van der Waals surface area contributed by atoms with Crippen LogP contribution in [0.25, 0.3) is 33.8 Å². The molecule has 0 radical (unpaired) electrons. The summed E-state index contributed by atoms with van der Waals surface area (Å²) in [5.74, 6) is 2.74. The predicted octanol–water partition coefficient (Wildman–Crippen LogP) is 5.37. The zero-order valence-corrected chi connectivity index (χ0v) is 23.5. The van der Waals surface area contributed by atoms with Crippen molar-refractivity contribution in [2.45, 2.75) is 12.6 Å². The molecular weight excluding hydrogens is 544 g/mol. The molecule has 0 spiro atoms. The highest BCUT2D eigenvalue weighted by molar-refractivity contribution is 6.30. The minimum Gasteiger partial charge on any atom is -0.496 e. The van der Waals surface area contributed by atoms with E-state index in [4.69, 9.17) is 30.0 Å². The van der Waals surface area contributed by atoms with Gasteiger partial charge in [-0.05, 0) is 48.5 Å². The molecule has 1 aliphatic heterocycles. The van der Waals surface area contributed by atoms with E-state index in [0.717, 1.165) is 54.5 Å². The summed E-state index contributed by atoms with van der Waals surface area (Å²) in [7, 11) is 1.65. The third-order valence-electron chi connectivity index (χ3n) is 7.15. The van der Waals surface area contributed by atoms with Crippen LogP contribution in [0.2, 0.25) is 5.02 Å². The number of methoxy groups -OCH3 is 1. The summed E-state index contributed by atoms with van der Waals surface area (Å²) in [4.78, 5) is 9.16. The van der Waals surface area contributed by atoms with Crippen molar-refractivity contribution in [1.82, 2.24) is 19.9 Å². The number of halogens is 1. The summed E-state index contributed by atoms with van der Waals surface area (Å²) < 4.78 is 22.8. The number of nitrogens with zero attached hydrogens (tertiary/aromatic N) is 4. The molecule has 6 rings (SSSR count). The molecule has 212 valence electrons. The molecule has 9 nitrogen and oxygen atoms in total. The van der Waals surface area contributed by atoms with E-state index in [1.807, 2.05) is 60.7 Å². The van der Waals surface area contributed by atoms with Gasteiger partial charge < -0.3 is 23.5 Å². The number of fused-ring (bicyclic) bond motifs is 1. The Hall–Kier alpha value is -3.89. The molecule has 0 aliphatic carbocycles. The number of hydrogen-bond donors (Lipinski definition) is 1. The SMILES string of the molecule is COc1ccccc1-c1cc(CN2CCN(CC(O)COc3ccc4oc(-c5ccc(Cl)cc5)nc4c3)CC2)on1. The summed E-state index contributed by atoms with van der Waals surface area (Å²) >= 11 is 5.98. The van der Waals surface area contributed by atoms with Gasteiger partial charge in [-0.3, -0.25) is 9.80 Å². The van der Waals surface area contributed by atoms with E-state index in [2.05, 4.69) is 19.9 Å². The largest absolute Gasteiger partial charge is 0.496 e. The van der Waals surface area contributed by atoms with Crippen molar-refractivity contribution in [2.24, 2.45) is 0 Å². The lowest BCUT2D eigenvalue weighted by atomic mass is 10.1. The van der Waals surface area contributed by atoms with E-state index >= 15 is 0 Å². The smallest absolute Gasteiger partial charge is 0.227 e. The molecule has 1 N–H and O–H groups in total. The van der Waals surface area contributed by atoms with Gasteiger partial charge >= 0.3 is 0 Å². The topological polar surface area (TPSA) is 97.2 Å². The monoisotopic (exact) mass is 574 g/mol. The summed E-state index contributed by atoms with van der Waals surface area (Å²) in [6.07, 6.45) is -0.614. The van der Waals surface area contributed by atoms with E-state index in [9.17, 15) is 5.11 Å². The first kappa shape index (κ1) is 27.3. The van der Waals surface area contributed by atoms with E-state index in [0.29, 0.717) is 40.9 Å². The van der Waals surface area contributed by atoms with Gasteiger partial charge in [0, 0.05) is 61.0 Å². The summed E-state index contributed by atoms with van der Waals surface area (Å²) in [5, 5.41) is 15.5. The van der Waals surface area contributed by atoms with Crippen LogP contribution in [0.5, 0.6) is 11.5 Å². The molecule has 1 unspecified atom stereocenters. The fourth-order valence-corrected chi connectivity index (χ4v) is 5.10. The number of oxazole rings is 1. The van der Waals surface area contributed by atoms with Crippen molar-refractivity contribution in [3.05, 3.63) is 83.6 Å². The minimum absolute atomic E-state index is 0.192. The number of aliphatic hydroxyl groups is 1. The average Bonchev–Trinajstić information content (AvgIpc) is 3.64. The highest BCUT2D eigenvalue weighted by Crippen LogP contribution is 2.30. The number of rotatable bonds is 10. The molecule has 5 aromatic rings. The Morgan fingerprint density at radius 2 is 1.76 bits per heavy atom. The Bertz CT molecular complexity index is 1590. The maximum absolute atomic E-state index is 10.6. The first-order valence-electron chi connectivity index (χ1n) is 13.5. The maximum atomic E-state index is 10.6. The highest BCUT2D eigenvalue weighted by atomic mass is 35.5. The Balaban J connectivity index is 0.963. The molecule has 2 aromatic heterocycles. The lowest BCUT2D eigenvalue weighted by Gasteiger charge is -2.35. The number of benzene rings is 3. The summed E-state index contributed by atoms with van der Waals surface area (Å²) in [5.41, 5.74) is 3.89. The normalized spacial score (nSPS) is 15.3. The van der Waals surface area contributed by atoms with E-state index in [-0.39, 0.29) is 6.61 Å². The fraction of sp³-hybridized carbons (Fsp3) is 0.290. The van der Waals surface area contributed by atoms with Crippen molar-refractivity contribution >= 4 is 22.7 Å². The Kier molecular flexibility index (Phi) is 8.20. The van der Waals surface area contributed by atoms with Gasteiger partial charge in [0.05, 0.1) is 13.7 Å². The number of piperazine rings is 1. The van der Waals surface area contributed by atoms with Gasteiger partial charge in [0.2, 0.25) is 5.89 Å². The quantitative estimate of drug-likeness (QED) is 0.236. The Morgan fingerprint density at radius 3 is 2.56 bits per heavy atom. The molecule has 0 saturated carbocycles. The second-order valence-corrected chi connectivity index (χ2v) is 10.5. The van der Waals surface area contributed by atoms with Crippen molar-refractivity contribution < 1.29 is 23.5 Å². The number of hydrogen-bond acceptors (Lipinski definition) is 9. The first-order valence-corrected chi connectivity index (χ1v) is 13.9. The van der Waals surface area contributed by atoms with Gasteiger partial charge in [-0.25, -0.2) is 4.98 Å². The summed E-state index contributed by atoms with van der Waals surface area (Å²) in [6, 6.07) is 22.6. The van der Waals surface area contributed by atoms with E-state index < -0.39 is 6.10 Å². The second-order valence-electron chi connectivity index (χ2n) is 10.1. The van der Waals surface area contributed by atoms with Crippen molar-refractivity contribution in [2.75, 3.05) is 46.4 Å². The fourth-order valence-electron chi connectivity index (χ4n) is 4.98. The Morgan fingerprint density at radius 1 is 0.976 bits per heavy atom. The molecule has 1 aliphatic rings. The number of β-amino-alcohol motifs (C(OH)–C–C–N with tert-alkyl or cyclic N) is 1. The van der Waals surface area contributed by atoms with Crippen LogP contribution < -0.4 is 9.47 Å². The third-order valence-corrected chi connectivity index (χ3v) is 7.40. The standard InChI is InChI=1S/C31H31ClN4O5/c1-38-29-5-3-2-4-26(29)27-17-25(41-34-27)19-36-14-12-35(13-15-36)18-23(37)20-39-24-10-11-30-28(16-24)33-31(40-30)21-6-8-22(32)9-7-21/h2-11,16-17,23,37H,12-15,18-20H2,1H3. The zero-order valence-electron chi connectivity index (χ0n) is 22.7. The minimum atomic E-state index is -0.614. The molecule has 0 amide bonds. The molecule has 1 saturated heterocycles. The van der Waals surface area contributed by atoms with Gasteiger partial charge in [0.1, 0.15) is 35.4 Å². The van der Waals surface area contributed by atoms with Gasteiger partial charge in [-0.2, -0.15) is 0 Å². The number of para-hydroxylation sites is 1. The van der Waals surface area contributed by atoms with Crippen LogP contribution in [0.3, 0.4) is 0 Å². The van der Waals surface area contributed by atoms with Crippen LogP contribution in [0.4, 0.5) is 0 Å². The molecular formula is C31H31ClN4O5. The number of aromatic nitrogens is 2. The lowest BCUT2D eigenvalue weighted by molar-refractivity contribution is 0.0430. The molecule has 3 aromatic carbocycles. The van der Waals surface area contributed by atoms with Crippen LogP contribution in [0, 0.1) is 0 Å². The van der Waals surface area contributed by atoms with Crippen LogP contribution in [-0.4, -0.2) is 77.6 Å². The zero-order chi connectivity index (χ0) is 28.2. The number of aliphatic hydroxyl groups excluding tert-OH is 1. The first-order chi connectivity index (χ1) is 20.0. The molecule has 1 atom stereocenters. The van der Waals surface area contributed by atoms with Crippen molar-refractivity contribution in [3.63, 3.8) is 0 Å². The molecule has 0 bridgehead atoms. The summed E-state index contributed by atoms with van der Waals surface area (Å²) in [6.45, 7) is 4.87. The van der Waals surface area contributed by atoms with E-state index in [1.54, 1.807) is 19.2 Å². The molecule has 10 heteroatoms. The predicted molar refractivity (Wildman–Crippen MR) is 156 cm³/mol. The molecule has 3 heterocycles. The second kappa shape index (κ2) is 12.3. The van der Waals surface area contributed by atoms with Crippen LogP contribution in [0.15, 0.2) is 81.7 Å². The van der Waals surface area contributed by atoms with Crippen LogP contribution in [-0.2, 0) is 6.54 Å². The molecule has 41 heavy (non-hydrogen) atoms. The Labute approximate surface area is 242 Å². The van der Waals surface area contributed by atoms with Gasteiger partial charge in [0.25, 0.3) is 0 Å². The van der Waals surface area contributed by atoms with Crippen molar-refractivity contribution in [3.8, 4) is 34.2 Å². The van der Waals surface area contributed by atoms with E-state index in [1.165, 1.54) is 0 Å². The van der Waals surface area contributed by atoms with Crippen molar-refractivity contribution in [1.29, 1.82) is 0 Å². The molecule has 1 fully saturated rings. The number of ether oxygens (including phenoxy) is 2. The van der Waals surface area contributed by atoms with Gasteiger partial charge in [0.15, 0.2) is 11.3 Å². The van der Waals surface area contributed by atoms with Gasteiger partial charge in [-0.15, -0.1) is 0 Å². The van der Waals surface area contributed by atoms with Gasteiger partial charge in [-0.1, -0.05) is 28.9 Å². The van der Waals surface area contributed by atoms with Crippen LogP contribution in [0.1, 0.15) is 5.76 Å². The lowest BCUT2D eigenvalue weighted by Crippen LogP contribution is -2.48. The highest BCUT2D eigenvalue weighted by Gasteiger charge is 2.21. The maximum Gasteiger partial charge on any atom is 0.227 e.